The van der Waals surface area contributed by atoms with Gasteiger partial charge in [0.15, 0.2) is 5.96 Å². The van der Waals surface area contributed by atoms with E-state index in [2.05, 4.69) is 22.5 Å². The highest BCUT2D eigenvalue weighted by molar-refractivity contribution is 14.0. The van der Waals surface area contributed by atoms with Crippen LogP contribution in [0.25, 0.3) is 0 Å². The second kappa shape index (κ2) is 14.3. The molecule has 0 spiro atoms. The molecule has 0 aromatic rings. The van der Waals surface area contributed by atoms with Gasteiger partial charge in [-0.1, -0.05) is 0 Å². The first-order chi connectivity index (χ1) is 12.7. The highest BCUT2D eigenvalue weighted by Gasteiger charge is 2.24. The van der Waals surface area contributed by atoms with E-state index in [0.717, 1.165) is 51.4 Å². The van der Waals surface area contributed by atoms with Crippen LogP contribution in [0.15, 0.2) is 4.99 Å². The van der Waals surface area contributed by atoms with Gasteiger partial charge in [0.25, 0.3) is 0 Å². The first-order valence-corrected chi connectivity index (χ1v) is 10.4. The van der Waals surface area contributed by atoms with Crippen molar-refractivity contribution in [2.75, 3.05) is 52.4 Å². The minimum absolute atomic E-state index is 0. The van der Waals surface area contributed by atoms with E-state index in [0.29, 0.717) is 12.6 Å². The molecule has 2 heterocycles. The molecule has 0 bridgehead atoms. The molecule has 0 radical (unpaired) electrons. The number of nitrogens with one attached hydrogen (secondary N) is 2. The molecule has 2 aliphatic rings. The average molecular weight is 495 g/mol. The minimum atomic E-state index is -0.190. The van der Waals surface area contributed by atoms with Crippen LogP contribution in [0, 0.1) is 0 Å². The maximum absolute atomic E-state index is 11.8. The van der Waals surface area contributed by atoms with Crippen LogP contribution in [-0.2, 0) is 4.74 Å². The van der Waals surface area contributed by atoms with Gasteiger partial charge in [0.2, 0.25) is 0 Å². The van der Waals surface area contributed by atoms with Crippen LogP contribution < -0.4 is 10.6 Å². The van der Waals surface area contributed by atoms with Crippen LogP contribution >= 0.6 is 24.0 Å². The third-order valence-corrected chi connectivity index (χ3v) is 5.06. The number of amides is 1. The molecule has 0 aliphatic carbocycles. The maximum Gasteiger partial charge on any atom is 0.409 e. The van der Waals surface area contributed by atoms with Gasteiger partial charge in [0.05, 0.1) is 6.61 Å². The van der Waals surface area contributed by atoms with E-state index >= 15 is 0 Å². The molecule has 0 unspecified atom stereocenters. The summed E-state index contributed by atoms with van der Waals surface area (Å²) < 4.78 is 5.08. The van der Waals surface area contributed by atoms with Crippen molar-refractivity contribution in [2.24, 2.45) is 4.99 Å². The van der Waals surface area contributed by atoms with E-state index in [4.69, 9.17) is 9.73 Å². The van der Waals surface area contributed by atoms with E-state index in [1.54, 1.807) is 4.90 Å². The van der Waals surface area contributed by atoms with Crippen molar-refractivity contribution in [1.82, 2.24) is 20.4 Å². The van der Waals surface area contributed by atoms with Gasteiger partial charge in [-0.15, -0.1) is 24.0 Å². The Kier molecular flexibility index (Phi) is 12.8. The second-order valence-corrected chi connectivity index (χ2v) is 7.12. The fourth-order valence-electron chi connectivity index (χ4n) is 3.58. The van der Waals surface area contributed by atoms with Crippen molar-refractivity contribution in [3.05, 3.63) is 0 Å². The van der Waals surface area contributed by atoms with Crippen LogP contribution in [0.1, 0.15) is 52.4 Å². The number of unbranched alkanes of at least 4 members (excludes halogenated alkanes) is 1. The third-order valence-electron chi connectivity index (χ3n) is 5.06. The molecule has 1 amide bonds. The van der Waals surface area contributed by atoms with Crippen molar-refractivity contribution in [3.8, 4) is 0 Å². The molecule has 2 fully saturated rings. The summed E-state index contributed by atoms with van der Waals surface area (Å²) in [6.45, 7) is 11.3. The first-order valence-electron chi connectivity index (χ1n) is 10.4. The largest absolute Gasteiger partial charge is 0.450 e. The van der Waals surface area contributed by atoms with Gasteiger partial charge >= 0.3 is 6.09 Å². The zero-order valence-corrected chi connectivity index (χ0v) is 19.4. The molecule has 0 saturated carbocycles. The molecule has 2 aliphatic heterocycles. The van der Waals surface area contributed by atoms with Gasteiger partial charge in [0, 0.05) is 32.2 Å². The Morgan fingerprint density at radius 2 is 1.81 bits per heavy atom. The predicted molar refractivity (Wildman–Crippen MR) is 121 cm³/mol. The van der Waals surface area contributed by atoms with Crippen molar-refractivity contribution >= 4 is 36.0 Å². The molecule has 2 N–H and O–H groups in total. The number of ether oxygens (including phenoxy) is 1. The summed E-state index contributed by atoms with van der Waals surface area (Å²) in [7, 11) is 0. The van der Waals surface area contributed by atoms with Crippen LogP contribution in [-0.4, -0.2) is 80.3 Å². The zero-order valence-electron chi connectivity index (χ0n) is 17.0. The Hall–Kier alpha value is -0.770. The van der Waals surface area contributed by atoms with Crippen LogP contribution in [0.3, 0.4) is 0 Å². The van der Waals surface area contributed by atoms with Crippen molar-refractivity contribution < 1.29 is 9.53 Å². The third kappa shape index (κ3) is 9.32. The molecular formula is C19H38IN5O2. The second-order valence-electron chi connectivity index (χ2n) is 7.12. The number of piperidine rings is 1. The maximum atomic E-state index is 11.8. The average Bonchev–Trinajstić information content (AvgIpc) is 3.16. The van der Waals surface area contributed by atoms with Gasteiger partial charge in [-0.25, -0.2) is 4.79 Å². The smallest absolute Gasteiger partial charge is 0.409 e. The van der Waals surface area contributed by atoms with E-state index in [1.165, 1.54) is 38.9 Å². The number of hydrogen-bond acceptors (Lipinski definition) is 4. The molecular weight excluding hydrogens is 457 g/mol. The Labute approximate surface area is 181 Å². The van der Waals surface area contributed by atoms with Crippen molar-refractivity contribution in [3.63, 3.8) is 0 Å². The molecule has 0 aromatic heterocycles. The van der Waals surface area contributed by atoms with Crippen molar-refractivity contribution in [2.45, 2.75) is 58.4 Å². The first kappa shape index (κ1) is 24.3. The Bertz CT molecular complexity index is 436. The number of likely N-dealkylation sites (tertiary alicyclic amines) is 2. The summed E-state index contributed by atoms with van der Waals surface area (Å²) in [5.41, 5.74) is 0. The van der Waals surface area contributed by atoms with Crippen LogP contribution in [0.2, 0.25) is 0 Å². The van der Waals surface area contributed by atoms with Crippen LogP contribution in [0.5, 0.6) is 0 Å². The Balaban J connectivity index is 0.00000364. The lowest BCUT2D eigenvalue weighted by Crippen LogP contribution is -2.49. The van der Waals surface area contributed by atoms with Crippen LogP contribution in [0.4, 0.5) is 4.79 Å². The lowest BCUT2D eigenvalue weighted by atomic mass is 10.1. The van der Waals surface area contributed by atoms with Gasteiger partial charge < -0.3 is 25.2 Å². The normalized spacial score (nSPS) is 18.9. The minimum Gasteiger partial charge on any atom is -0.450 e. The summed E-state index contributed by atoms with van der Waals surface area (Å²) in [6.07, 6.45) is 6.75. The number of halogens is 1. The monoisotopic (exact) mass is 495 g/mol. The van der Waals surface area contributed by atoms with Gasteiger partial charge in [0.1, 0.15) is 0 Å². The molecule has 7 nitrogen and oxygen atoms in total. The fourth-order valence-corrected chi connectivity index (χ4v) is 3.58. The summed E-state index contributed by atoms with van der Waals surface area (Å²) >= 11 is 0. The van der Waals surface area contributed by atoms with Crippen molar-refractivity contribution in [1.29, 1.82) is 0 Å². The molecule has 2 rings (SSSR count). The zero-order chi connectivity index (χ0) is 18.6. The predicted octanol–water partition coefficient (Wildman–Crippen LogP) is 2.66. The number of rotatable bonds is 8. The lowest BCUT2D eigenvalue weighted by molar-refractivity contribution is 0.0963. The lowest BCUT2D eigenvalue weighted by Gasteiger charge is -2.32. The fraction of sp³-hybridized carbons (Fsp3) is 0.895. The highest BCUT2D eigenvalue weighted by Crippen LogP contribution is 2.11. The van der Waals surface area contributed by atoms with Gasteiger partial charge in [-0.3, -0.25) is 4.99 Å². The Morgan fingerprint density at radius 3 is 2.44 bits per heavy atom. The molecule has 0 atom stereocenters. The highest BCUT2D eigenvalue weighted by atomic mass is 127. The van der Waals surface area contributed by atoms with E-state index < -0.39 is 0 Å². The number of aliphatic imine (C=N–C) groups is 1. The molecule has 2 saturated heterocycles. The SMILES string of the molecule is CCNC(=NCCCCN1CCCC1)NC1CCN(C(=O)OCC)CC1.I. The topological polar surface area (TPSA) is 69.2 Å². The molecule has 158 valence electrons. The number of carbonyl (C=O) groups is 1. The van der Waals surface area contributed by atoms with E-state index in [-0.39, 0.29) is 30.1 Å². The van der Waals surface area contributed by atoms with E-state index in [9.17, 15) is 4.79 Å². The molecule has 27 heavy (non-hydrogen) atoms. The standard InChI is InChI=1S/C19H37N5O2.HI/c1-3-20-18(21-11-5-6-12-23-13-7-8-14-23)22-17-9-15-24(16-10-17)19(25)26-4-2;/h17H,3-16H2,1-2H3,(H2,20,21,22);1H. The summed E-state index contributed by atoms with van der Waals surface area (Å²) in [4.78, 5) is 20.9. The molecule has 0 aromatic carbocycles. The van der Waals surface area contributed by atoms with E-state index in [1.807, 2.05) is 6.92 Å². The number of carbonyl (C=O) groups excluding carboxylic acids is 1. The molecule has 8 heteroatoms. The number of hydrogen-bond donors (Lipinski definition) is 2. The number of guanidine groups is 1. The van der Waals surface area contributed by atoms with Gasteiger partial charge in [-0.05, 0) is 72.0 Å². The Morgan fingerprint density at radius 1 is 1.11 bits per heavy atom. The summed E-state index contributed by atoms with van der Waals surface area (Å²) in [5, 5.41) is 6.87. The summed E-state index contributed by atoms with van der Waals surface area (Å²) in [6, 6.07) is 0.364. The number of nitrogens with zero attached hydrogens (tertiary/aromatic N) is 3. The quantitative estimate of drug-likeness (QED) is 0.235. The summed E-state index contributed by atoms with van der Waals surface area (Å²) in [5.74, 6) is 0.906. The van der Waals surface area contributed by atoms with Gasteiger partial charge in [-0.2, -0.15) is 0 Å².